The lowest BCUT2D eigenvalue weighted by atomic mass is 10.1. The molecule has 1 aliphatic rings. The normalized spacial score (nSPS) is 24.1. The number of anilines is 1. The maximum Gasteiger partial charge on any atom is 0.351 e. The summed E-state index contributed by atoms with van der Waals surface area (Å²) in [6.07, 6.45) is -0.415. The van der Waals surface area contributed by atoms with Gasteiger partial charge >= 0.3 is 5.69 Å². The van der Waals surface area contributed by atoms with Crippen LogP contribution in [0.3, 0.4) is 0 Å². The zero-order valence-electron chi connectivity index (χ0n) is 20.9. The predicted octanol–water partition coefficient (Wildman–Crippen LogP) is 3.96. The molecule has 10 heteroatoms. The molecule has 8 nitrogen and oxygen atoms in total. The zero-order valence-corrected chi connectivity index (χ0v) is 22.9. The van der Waals surface area contributed by atoms with Crippen molar-refractivity contribution in [3.8, 4) is 0 Å². The molecule has 1 fully saturated rings. The summed E-state index contributed by atoms with van der Waals surface area (Å²) in [5.41, 5.74) is -0.408. The van der Waals surface area contributed by atoms with E-state index in [-0.39, 0.29) is 6.61 Å². The highest BCUT2D eigenvalue weighted by Gasteiger charge is 2.52. The number of hydrogen-bond acceptors (Lipinski definition) is 7. The molecule has 0 spiro atoms. The van der Waals surface area contributed by atoms with Crippen LogP contribution in [0.15, 0.2) is 17.1 Å². The van der Waals surface area contributed by atoms with E-state index >= 15 is 0 Å². The molecular weight excluding hydrogens is 442 g/mol. The van der Waals surface area contributed by atoms with Gasteiger partial charge in [0.25, 0.3) is 0 Å². The first-order chi connectivity index (χ1) is 15.3. The Morgan fingerprint density at radius 3 is 1.91 bits per heavy atom. The highest BCUT2D eigenvalue weighted by Crippen LogP contribution is 2.40. The Balaban J connectivity index is 2.56. The number of nitrogens with one attached hydrogen (secondary N) is 1. The lowest BCUT2D eigenvalue weighted by Crippen LogP contribution is -2.52. The molecule has 2 heterocycles. The maximum atomic E-state index is 12.9. The van der Waals surface area contributed by atoms with Crippen molar-refractivity contribution in [2.45, 2.75) is 102 Å². The average molecular weight is 486 g/mol. The van der Waals surface area contributed by atoms with Crippen LogP contribution in [-0.2, 0) is 13.6 Å². The minimum absolute atomic E-state index is 0.182. The number of nitrogens with zero attached hydrogens (tertiary/aromatic N) is 2. The van der Waals surface area contributed by atoms with Gasteiger partial charge in [0.1, 0.15) is 24.1 Å². The molecule has 0 aromatic carbocycles. The molecule has 4 unspecified atom stereocenters. The lowest BCUT2D eigenvalue weighted by Gasteiger charge is -2.39. The van der Waals surface area contributed by atoms with Gasteiger partial charge in [0.2, 0.25) is 0 Å². The summed E-state index contributed by atoms with van der Waals surface area (Å²) in [5, 5.41) is 13.1. The van der Waals surface area contributed by atoms with Crippen LogP contribution in [0.25, 0.3) is 0 Å². The van der Waals surface area contributed by atoms with Crippen molar-refractivity contribution < 1.29 is 18.7 Å². The highest BCUT2D eigenvalue weighted by molar-refractivity contribution is 6.74. The van der Waals surface area contributed by atoms with Crippen molar-refractivity contribution in [1.82, 2.24) is 9.55 Å². The second-order valence-corrected chi connectivity index (χ2v) is 18.1. The molecule has 0 radical (unpaired) electrons. The summed E-state index contributed by atoms with van der Waals surface area (Å²) in [5.74, 6) is 0.502. The smallest absolute Gasteiger partial charge is 0.351 e. The molecule has 184 valence electrons. The van der Waals surface area contributed by atoms with Gasteiger partial charge in [-0.3, -0.25) is 4.57 Å². The van der Waals surface area contributed by atoms with Crippen molar-refractivity contribution in [1.29, 1.82) is 0 Å². The van der Waals surface area contributed by atoms with Crippen molar-refractivity contribution in [2.24, 2.45) is 0 Å². The third-order valence-corrected chi connectivity index (χ3v) is 16.7. The van der Waals surface area contributed by atoms with Crippen molar-refractivity contribution in [3.05, 3.63) is 22.7 Å². The summed E-state index contributed by atoms with van der Waals surface area (Å²) in [4.78, 5) is 17.0. The third kappa shape index (κ3) is 5.53. The third-order valence-electron chi connectivity index (χ3n) is 7.46. The fourth-order valence-corrected chi connectivity index (χ4v) is 10.4. The van der Waals surface area contributed by atoms with Gasteiger partial charge in [-0.25, -0.2) is 4.79 Å². The molecule has 2 N–H and O–H groups in total. The van der Waals surface area contributed by atoms with E-state index < -0.39 is 46.9 Å². The van der Waals surface area contributed by atoms with Crippen LogP contribution in [0, 0.1) is 0 Å². The van der Waals surface area contributed by atoms with Crippen LogP contribution >= 0.6 is 0 Å². The lowest BCUT2D eigenvalue weighted by molar-refractivity contribution is -0.0526. The van der Waals surface area contributed by atoms with E-state index in [1.807, 2.05) is 0 Å². The molecule has 1 saturated heterocycles. The molecule has 2 rings (SSSR count). The first-order valence-electron chi connectivity index (χ1n) is 12.2. The van der Waals surface area contributed by atoms with Crippen molar-refractivity contribution in [3.63, 3.8) is 0 Å². The van der Waals surface area contributed by atoms with Crippen LogP contribution in [0.4, 0.5) is 5.82 Å². The van der Waals surface area contributed by atoms with Gasteiger partial charge < -0.3 is 24.0 Å². The summed E-state index contributed by atoms with van der Waals surface area (Å²) >= 11 is 0. The number of aromatic nitrogens is 2. The summed E-state index contributed by atoms with van der Waals surface area (Å²) in [6, 6.07) is 7.64. The molecule has 4 atom stereocenters. The Labute approximate surface area is 194 Å². The number of ether oxygens (including phenoxy) is 1. The molecule has 1 aliphatic heterocycles. The average Bonchev–Trinajstić information content (AvgIpc) is 3.16. The second kappa shape index (κ2) is 11.9. The predicted molar refractivity (Wildman–Crippen MR) is 133 cm³/mol. The van der Waals surface area contributed by atoms with Gasteiger partial charge in [-0.1, -0.05) is 41.5 Å². The molecule has 0 amide bonds. The summed E-state index contributed by atoms with van der Waals surface area (Å²) in [6.45, 7) is 12.9. The molecule has 0 bridgehead atoms. The molecular formula is C22H43N3O5Si2. The molecule has 1 aromatic heterocycles. The monoisotopic (exact) mass is 485 g/mol. The van der Waals surface area contributed by atoms with E-state index in [0.717, 1.165) is 36.3 Å². The minimum Gasteiger partial charge on any atom is -0.408 e. The van der Waals surface area contributed by atoms with E-state index in [0.29, 0.717) is 5.82 Å². The molecule has 1 aromatic rings. The van der Waals surface area contributed by atoms with Gasteiger partial charge in [-0.2, -0.15) is 4.98 Å². The van der Waals surface area contributed by atoms with E-state index in [2.05, 4.69) is 51.8 Å². The van der Waals surface area contributed by atoms with Crippen LogP contribution in [0.1, 0.15) is 47.8 Å². The molecule has 32 heavy (non-hydrogen) atoms. The van der Waals surface area contributed by atoms with Crippen LogP contribution in [-0.4, -0.2) is 63.3 Å². The summed E-state index contributed by atoms with van der Waals surface area (Å²) in [7, 11) is -2.35. The summed E-state index contributed by atoms with van der Waals surface area (Å²) < 4.78 is 21.6. The largest absolute Gasteiger partial charge is 0.408 e. The number of hydrogen-bond donors (Lipinski definition) is 2. The topological polar surface area (TPSA) is 94.8 Å². The first kappa shape index (κ1) is 27.2. The van der Waals surface area contributed by atoms with Gasteiger partial charge in [0, 0.05) is 13.2 Å². The Kier molecular flexibility index (Phi) is 10.1. The first-order valence-corrected chi connectivity index (χ1v) is 17.3. The zero-order chi connectivity index (χ0) is 23.9. The maximum absolute atomic E-state index is 12.9. The molecule has 0 saturated carbocycles. The van der Waals surface area contributed by atoms with E-state index in [4.69, 9.17) is 13.6 Å². The standard InChI is InChI=1S/C22H43N3O5Si2/c1-8-31(9-2,10-3)29-19-17(16-26)28-21(20(19)30-32(11-4,12-5)13-6)25-15-14-18(23-7)24-22(25)27/h14-15,17,19-21,26H,8-13,16H2,1-7H3,(H,23,24,27). The quantitative estimate of drug-likeness (QED) is 0.408. The second-order valence-electron chi connectivity index (χ2n) is 8.65. The van der Waals surface area contributed by atoms with E-state index in [1.165, 1.54) is 4.57 Å². The van der Waals surface area contributed by atoms with Gasteiger partial charge in [-0.15, -0.1) is 0 Å². The Bertz CT molecular complexity index is 754. The van der Waals surface area contributed by atoms with Crippen LogP contribution < -0.4 is 11.0 Å². The van der Waals surface area contributed by atoms with E-state index in [1.54, 1.807) is 19.3 Å². The highest BCUT2D eigenvalue weighted by atomic mass is 28.4. The van der Waals surface area contributed by atoms with Crippen LogP contribution in [0.2, 0.25) is 36.3 Å². The van der Waals surface area contributed by atoms with E-state index in [9.17, 15) is 9.90 Å². The Hall–Kier alpha value is -1.05. The van der Waals surface area contributed by atoms with Crippen molar-refractivity contribution in [2.75, 3.05) is 19.0 Å². The Morgan fingerprint density at radius 1 is 1.00 bits per heavy atom. The number of aliphatic hydroxyl groups is 1. The fraction of sp³-hybridized carbons (Fsp3) is 0.818. The van der Waals surface area contributed by atoms with Gasteiger partial charge in [0.15, 0.2) is 22.9 Å². The number of rotatable bonds is 13. The fourth-order valence-electron chi connectivity index (χ4n) is 4.67. The Morgan fingerprint density at radius 2 is 1.50 bits per heavy atom. The van der Waals surface area contributed by atoms with Crippen molar-refractivity contribution >= 4 is 22.5 Å². The minimum atomic E-state index is -2.06. The van der Waals surface area contributed by atoms with Crippen LogP contribution in [0.5, 0.6) is 0 Å². The SMILES string of the molecule is CC[Si](CC)(CC)OC1C(CO)OC(n2ccc(NC)nc2=O)C1O[Si](CC)(CC)CC. The molecule has 0 aliphatic carbocycles. The van der Waals surface area contributed by atoms with Gasteiger partial charge in [0.05, 0.1) is 6.61 Å². The number of aliphatic hydroxyl groups excluding tert-OH is 1. The van der Waals surface area contributed by atoms with Gasteiger partial charge in [-0.05, 0) is 42.3 Å².